The van der Waals surface area contributed by atoms with Crippen LogP contribution in [0.15, 0.2) is 28.8 Å². The Morgan fingerprint density at radius 2 is 2.23 bits per heavy atom. The Hall–Kier alpha value is -1.56. The Labute approximate surface area is 138 Å². The normalized spacial score (nSPS) is 18.7. The van der Waals surface area contributed by atoms with Crippen LogP contribution in [0.4, 0.5) is 0 Å². The molecule has 1 aliphatic heterocycles. The SMILES string of the molecule is NC(=O)C1CCN(Cc2cc(-c3ccc(Cl)cc3Cl)no2)C1. The number of nitrogens with zero attached hydrogens (tertiary/aromatic N) is 2. The van der Waals surface area contributed by atoms with Crippen molar-refractivity contribution < 1.29 is 9.32 Å². The lowest BCUT2D eigenvalue weighted by atomic mass is 10.1. The highest BCUT2D eigenvalue weighted by atomic mass is 35.5. The van der Waals surface area contributed by atoms with E-state index in [1.807, 2.05) is 12.1 Å². The van der Waals surface area contributed by atoms with Crippen LogP contribution in [0.2, 0.25) is 10.0 Å². The molecule has 7 heteroatoms. The van der Waals surface area contributed by atoms with Gasteiger partial charge in [0, 0.05) is 23.2 Å². The van der Waals surface area contributed by atoms with Crippen LogP contribution in [-0.4, -0.2) is 29.1 Å². The second-order valence-electron chi connectivity index (χ2n) is 5.43. The lowest BCUT2D eigenvalue weighted by Gasteiger charge is -2.12. The van der Waals surface area contributed by atoms with Crippen molar-refractivity contribution in [1.29, 1.82) is 0 Å². The van der Waals surface area contributed by atoms with E-state index in [2.05, 4.69) is 10.1 Å². The maximum Gasteiger partial charge on any atom is 0.221 e. The molecule has 2 N–H and O–H groups in total. The molecule has 1 unspecified atom stereocenters. The quantitative estimate of drug-likeness (QED) is 0.929. The van der Waals surface area contributed by atoms with Crippen LogP contribution in [0, 0.1) is 5.92 Å². The molecule has 0 radical (unpaired) electrons. The van der Waals surface area contributed by atoms with Gasteiger partial charge in [-0.05, 0) is 31.2 Å². The number of halogens is 2. The summed E-state index contributed by atoms with van der Waals surface area (Å²) in [6.45, 7) is 2.08. The molecule has 1 aromatic heterocycles. The first kappa shape index (κ1) is 15.3. The van der Waals surface area contributed by atoms with Crippen molar-refractivity contribution in [1.82, 2.24) is 10.1 Å². The number of hydrogen-bond acceptors (Lipinski definition) is 4. The second-order valence-corrected chi connectivity index (χ2v) is 6.27. The summed E-state index contributed by atoms with van der Waals surface area (Å²) < 4.78 is 5.36. The number of amides is 1. The minimum Gasteiger partial charge on any atom is -0.369 e. The minimum absolute atomic E-state index is 0.0758. The first-order chi connectivity index (χ1) is 10.5. The fraction of sp³-hybridized carbons (Fsp3) is 0.333. The van der Waals surface area contributed by atoms with Crippen molar-refractivity contribution in [3.63, 3.8) is 0 Å². The van der Waals surface area contributed by atoms with Gasteiger partial charge in [-0.15, -0.1) is 0 Å². The lowest BCUT2D eigenvalue weighted by Crippen LogP contribution is -2.27. The monoisotopic (exact) mass is 339 g/mol. The van der Waals surface area contributed by atoms with Gasteiger partial charge in [-0.2, -0.15) is 0 Å². The molecule has 1 fully saturated rings. The van der Waals surface area contributed by atoms with Crippen molar-refractivity contribution in [3.05, 3.63) is 40.1 Å². The average Bonchev–Trinajstić information content (AvgIpc) is 3.09. The first-order valence-corrected chi connectivity index (χ1v) is 7.71. The highest BCUT2D eigenvalue weighted by Gasteiger charge is 2.27. The highest BCUT2D eigenvalue weighted by molar-refractivity contribution is 6.36. The molecule has 22 heavy (non-hydrogen) atoms. The third kappa shape index (κ3) is 3.27. The molecule has 2 aromatic rings. The average molecular weight is 340 g/mol. The molecule has 0 spiro atoms. The van der Waals surface area contributed by atoms with E-state index < -0.39 is 0 Å². The summed E-state index contributed by atoms with van der Waals surface area (Å²) in [7, 11) is 0. The van der Waals surface area contributed by atoms with E-state index in [9.17, 15) is 4.79 Å². The van der Waals surface area contributed by atoms with Crippen LogP contribution in [0.3, 0.4) is 0 Å². The highest BCUT2D eigenvalue weighted by Crippen LogP contribution is 2.30. The van der Waals surface area contributed by atoms with Gasteiger partial charge in [0.05, 0.1) is 17.5 Å². The number of nitrogens with two attached hydrogens (primary N) is 1. The molecule has 1 amide bonds. The van der Waals surface area contributed by atoms with E-state index >= 15 is 0 Å². The molecule has 1 saturated heterocycles. The molecule has 1 atom stereocenters. The summed E-state index contributed by atoms with van der Waals surface area (Å²) in [4.78, 5) is 13.3. The topological polar surface area (TPSA) is 72.4 Å². The van der Waals surface area contributed by atoms with Crippen LogP contribution in [0.25, 0.3) is 11.3 Å². The fourth-order valence-electron chi connectivity index (χ4n) is 2.64. The first-order valence-electron chi connectivity index (χ1n) is 6.95. The Balaban J connectivity index is 1.70. The Bertz CT molecular complexity index is 702. The number of benzene rings is 1. The largest absolute Gasteiger partial charge is 0.369 e. The molecular weight excluding hydrogens is 325 g/mol. The zero-order valence-corrected chi connectivity index (χ0v) is 13.3. The van der Waals surface area contributed by atoms with E-state index in [1.165, 1.54) is 0 Å². The third-order valence-corrected chi connectivity index (χ3v) is 4.37. The van der Waals surface area contributed by atoms with Gasteiger partial charge in [-0.25, -0.2) is 0 Å². The lowest BCUT2D eigenvalue weighted by molar-refractivity contribution is -0.121. The summed E-state index contributed by atoms with van der Waals surface area (Å²) in [6, 6.07) is 7.10. The smallest absolute Gasteiger partial charge is 0.221 e. The van der Waals surface area contributed by atoms with Crippen molar-refractivity contribution in [2.75, 3.05) is 13.1 Å². The molecule has 116 valence electrons. The van der Waals surface area contributed by atoms with Crippen molar-refractivity contribution >= 4 is 29.1 Å². The van der Waals surface area contributed by atoms with Crippen LogP contribution in [-0.2, 0) is 11.3 Å². The van der Waals surface area contributed by atoms with E-state index in [0.29, 0.717) is 28.8 Å². The van der Waals surface area contributed by atoms with E-state index in [1.54, 1.807) is 12.1 Å². The zero-order valence-electron chi connectivity index (χ0n) is 11.8. The second kappa shape index (κ2) is 6.28. The van der Waals surface area contributed by atoms with Gasteiger partial charge in [-0.1, -0.05) is 28.4 Å². The maximum atomic E-state index is 11.2. The molecule has 5 nitrogen and oxygen atoms in total. The standard InChI is InChI=1S/C15H15Cl2N3O2/c16-10-1-2-12(13(17)5-10)14-6-11(22-19-14)8-20-4-3-9(7-20)15(18)21/h1-2,5-6,9H,3-4,7-8H2,(H2,18,21). The van der Waals surface area contributed by atoms with Gasteiger partial charge < -0.3 is 10.3 Å². The molecule has 1 aliphatic rings. The number of primary amides is 1. The predicted octanol–water partition coefficient (Wildman–Crippen LogP) is 2.96. The van der Waals surface area contributed by atoms with Crippen molar-refractivity contribution in [2.45, 2.75) is 13.0 Å². The zero-order chi connectivity index (χ0) is 15.7. The number of rotatable bonds is 4. The molecule has 0 saturated carbocycles. The van der Waals surface area contributed by atoms with Gasteiger partial charge in [0.1, 0.15) is 5.69 Å². The summed E-state index contributed by atoms with van der Waals surface area (Å²) in [5.41, 5.74) is 6.78. The van der Waals surface area contributed by atoms with E-state index in [0.717, 1.165) is 24.3 Å². The molecular formula is C15H15Cl2N3O2. The van der Waals surface area contributed by atoms with Crippen molar-refractivity contribution in [3.8, 4) is 11.3 Å². The van der Waals surface area contributed by atoms with E-state index in [4.69, 9.17) is 33.5 Å². The Morgan fingerprint density at radius 1 is 1.41 bits per heavy atom. The number of carbonyl (C=O) groups is 1. The van der Waals surface area contributed by atoms with Crippen LogP contribution < -0.4 is 5.73 Å². The summed E-state index contributed by atoms with van der Waals surface area (Å²) in [5.74, 6) is 0.410. The molecule has 2 heterocycles. The van der Waals surface area contributed by atoms with E-state index in [-0.39, 0.29) is 11.8 Å². The van der Waals surface area contributed by atoms with Crippen molar-refractivity contribution in [2.24, 2.45) is 11.7 Å². The van der Waals surface area contributed by atoms with Crippen LogP contribution in [0.5, 0.6) is 0 Å². The summed E-state index contributed by atoms with van der Waals surface area (Å²) >= 11 is 12.1. The Morgan fingerprint density at radius 3 is 2.91 bits per heavy atom. The summed E-state index contributed by atoms with van der Waals surface area (Å²) in [6.07, 6.45) is 0.791. The third-order valence-electron chi connectivity index (χ3n) is 3.82. The van der Waals surface area contributed by atoms with Gasteiger partial charge in [0.25, 0.3) is 0 Å². The minimum atomic E-state index is -0.242. The summed E-state index contributed by atoms with van der Waals surface area (Å²) in [5, 5.41) is 5.16. The molecule has 3 rings (SSSR count). The number of carbonyl (C=O) groups excluding carboxylic acids is 1. The molecule has 0 aliphatic carbocycles. The Kier molecular flexibility index (Phi) is 4.38. The van der Waals surface area contributed by atoms with Gasteiger partial charge in [0.15, 0.2) is 5.76 Å². The number of aromatic nitrogens is 1. The number of hydrogen-bond donors (Lipinski definition) is 1. The van der Waals surface area contributed by atoms with Crippen LogP contribution in [0.1, 0.15) is 12.2 Å². The molecule has 0 bridgehead atoms. The fourth-order valence-corrected chi connectivity index (χ4v) is 3.15. The molecule has 1 aromatic carbocycles. The van der Waals surface area contributed by atoms with Crippen LogP contribution >= 0.6 is 23.2 Å². The maximum absolute atomic E-state index is 11.2. The van der Waals surface area contributed by atoms with Gasteiger partial charge in [0.2, 0.25) is 5.91 Å². The van der Waals surface area contributed by atoms with Gasteiger partial charge >= 0.3 is 0 Å². The number of likely N-dealkylation sites (tertiary alicyclic amines) is 1. The van der Waals surface area contributed by atoms with Gasteiger partial charge in [-0.3, -0.25) is 9.69 Å². The predicted molar refractivity (Wildman–Crippen MR) is 84.5 cm³/mol.